The number of aliphatic hydroxyl groups is 1. The minimum atomic E-state index is -0.651. The highest BCUT2D eigenvalue weighted by Crippen LogP contribution is 2.40. The number of hydrogen-bond donors (Lipinski definition) is 1. The van der Waals surface area contributed by atoms with E-state index in [-0.39, 0.29) is 0 Å². The van der Waals surface area contributed by atoms with Crippen molar-refractivity contribution in [1.29, 1.82) is 0 Å². The Balaban J connectivity index is 2.04. The van der Waals surface area contributed by atoms with Crippen LogP contribution in [0.1, 0.15) is 37.1 Å². The second-order valence-electron chi connectivity index (χ2n) is 4.58. The maximum atomic E-state index is 10.6. The quantitative estimate of drug-likeness (QED) is 0.818. The Morgan fingerprint density at radius 1 is 1.12 bits per heavy atom. The SMILES string of the molecule is OC1(c2nc3ccccc3s2)CCCCC1. The summed E-state index contributed by atoms with van der Waals surface area (Å²) in [5, 5.41) is 11.5. The van der Waals surface area contributed by atoms with Crippen molar-refractivity contribution in [2.24, 2.45) is 0 Å². The van der Waals surface area contributed by atoms with Gasteiger partial charge in [-0.3, -0.25) is 0 Å². The van der Waals surface area contributed by atoms with Gasteiger partial charge in [0, 0.05) is 0 Å². The second kappa shape index (κ2) is 3.82. The van der Waals surface area contributed by atoms with Crippen molar-refractivity contribution < 1.29 is 5.11 Å². The fourth-order valence-electron chi connectivity index (χ4n) is 2.42. The number of hydrogen-bond acceptors (Lipinski definition) is 3. The van der Waals surface area contributed by atoms with Gasteiger partial charge in [0.1, 0.15) is 10.6 Å². The summed E-state index contributed by atoms with van der Waals surface area (Å²) in [6.07, 6.45) is 5.21. The fraction of sp³-hybridized carbons (Fsp3) is 0.462. The predicted octanol–water partition coefficient (Wildman–Crippen LogP) is 3.45. The van der Waals surface area contributed by atoms with Crippen molar-refractivity contribution in [2.45, 2.75) is 37.7 Å². The van der Waals surface area contributed by atoms with Crippen LogP contribution in [0.25, 0.3) is 10.2 Å². The standard InChI is InChI=1S/C13H15NOS/c15-13(8-4-1-5-9-13)12-14-10-6-2-3-7-11(10)16-12/h2-3,6-7,15H,1,4-5,8-9H2. The molecule has 1 saturated carbocycles. The van der Waals surface area contributed by atoms with Crippen LogP contribution < -0.4 is 0 Å². The van der Waals surface area contributed by atoms with Gasteiger partial charge in [0.25, 0.3) is 0 Å². The maximum Gasteiger partial charge on any atom is 0.126 e. The van der Waals surface area contributed by atoms with Crippen LogP contribution in [-0.2, 0) is 5.60 Å². The van der Waals surface area contributed by atoms with E-state index >= 15 is 0 Å². The average Bonchev–Trinajstić information content (AvgIpc) is 2.74. The van der Waals surface area contributed by atoms with E-state index in [0.29, 0.717) is 0 Å². The zero-order chi connectivity index (χ0) is 11.0. The van der Waals surface area contributed by atoms with E-state index in [1.54, 1.807) is 11.3 Å². The molecule has 1 aliphatic rings. The molecule has 1 heterocycles. The molecular formula is C13H15NOS. The van der Waals surface area contributed by atoms with Gasteiger partial charge in [0.15, 0.2) is 0 Å². The van der Waals surface area contributed by atoms with Crippen LogP contribution in [0.4, 0.5) is 0 Å². The van der Waals surface area contributed by atoms with Gasteiger partial charge in [0.05, 0.1) is 10.2 Å². The number of benzene rings is 1. The predicted molar refractivity (Wildman–Crippen MR) is 66.6 cm³/mol. The lowest BCUT2D eigenvalue weighted by atomic mass is 9.85. The molecule has 3 rings (SSSR count). The molecule has 0 radical (unpaired) electrons. The van der Waals surface area contributed by atoms with Crippen LogP contribution in [-0.4, -0.2) is 10.1 Å². The smallest absolute Gasteiger partial charge is 0.126 e. The van der Waals surface area contributed by atoms with Crippen molar-refractivity contribution >= 4 is 21.6 Å². The maximum absolute atomic E-state index is 10.6. The molecular weight excluding hydrogens is 218 g/mol. The normalized spacial score (nSPS) is 20.1. The Hall–Kier alpha value is -0.930. The first-order valence-corrected chi connectivity index (χ1v) is 6.68. The van der Waals surface area contributed by atoms with Crippen LogP contribution in [0.5, 0.6) is 0 Å². The summed E-state index contributed by atoms with van der Waals surface area (Å²) in [6.45, 7) is 0. The van der Waals surface area contributed by atoms with Crippen molar-refractivity contribution in [3.63, 3.8) is 0 Å². The van der Waals surface area contributed by atoms with Gasteiger partial charge in [-0.05, 0) is 25.0 Å². The number of aromatic nitrogens is 1. The van der Waals surface area contributed by atoms with Gasteiger partial charge in [-0.2, -0.15) is 0 Å². The molecule has 2 nitrogen and oxygen atoms in total. The first-order valence-electron chi connectivity index (χ1n) is 5.86. The number of fused-ring (bicyclic) bond motifs is 1. The van der Waals surface area contributed by atoms with E-state index in [1.165, 1.54) is 11.1 Å². The summed E-state index contributed by atoms with van der Waals surface area (Å²) in [4.78, 5) is 4.58. The number of nitrogens with zero attached hydrogens (tertiary/aromatic N) is 1. The van der Waals surface area contributed by atoms with Crippen molar-refractivity contribution in [1.82, 2.24) is 4.98 Å². The minimum Gasteiger partial charge on any atom is -0.383 e. The molecule has 1 fully saturated rings. The lowest BCUT2D eigenvalue weighted by Gasteiger charge is -2.29. The first-order chi connectivity index (χ1) is 7.78. The van der Waals surface area contributed by atoms with Crippen LogP contribution in [0, 0.1) is 0 Å². The molecule has 16 heavy (non-hydrogen) atoms. The Bertz CT molecular complexity index is 466. The summed E-state index contributed by atoms with van der Waals surface area (Å²) >= 11 is 1.64. The molecule has 1 aliphatic carbocycles. The summed E-state index contributed by atoms with van der Waals surface area (Å²) in [5.74, 6) is 0. The van der Waals surface area contributed by atoms with Crippen molar-refractivity contribution in [2.75, 3.05) is 0 Å². The molecule has 0 atom stereocenters. The van der Waals surface area contributed by atoms with Gasteiger partial charge in [-0.15, -0.1) is 11.3 Å². The fourth-order valence-corrected chi connectivity index (χ4v) is 3.53. The van der Waals surface area contributed by atoms with E-state index in [4.69, 9.17) is 0 Å². The van der Waals surface area contributed by atoms with Crippen LogP contribution in [0.15, 0.2) is 24.3 Å². The molecule has 1 aromatic heterocycles. The molecule has 0 unspecified atom stereocenters. The van der Waals surface area contributed by atoms with Gasteiger partial charge < -0.3 is 5.11 Å². The summed E-state index contributed by atoms with van der Waals surface area (Å²) in [7, 11) is 0. The second-order valence-corrected chi connectivity index (χ2v) is 5.61. The monoisotopic (exact) mass is 233 g/mol. The molecule has 0 bridgehead atoms. The number of para-hydroxylation sites is 1. The van der Waals surface area contributed by atoms with E-state index < -0.39 is 5.60 Å². The lowest BCUT2D eigenvalue weighted by molar-refractivity contribution is -0.000627. The third-order valence-corrected chi connectivity index (χ3v) is 4.60. The van der Waals surface area contributed by atoms with Crippen molar-refractivity contribution in [3.05, 3.63) is 29.3 Å². The highest BCUT2D eigenvalue weighted by atomic mass is 32.1. The van der Waals surface area contributed by atoms with Gasteiger partial charge in [-0.25, -0.2) is 4.98 Å². The molecule has 0 spiro atoms. The Morgan fingerprint density at radius 2 is 1.88 bits per heavy atom. The summed E-state index contributed by atoms with van der Waals surface area (Å²) in [6, 6.07) is 8.11. The first kappa shape index (κ1) is 10.2. The van der Waals surface area contributed by atoms with E-state index in [0.717, 1.165) is 36.2 Å². The topological polar surface area (TPSA) is 33.1 Å². The Labute approximate surface area is 99.0 Å². The highest BCUT2D eigenvalue weighted by molar-refractivity contribution is 7.18. The Morgan fingerprint density at radius 3 is 2.62 bits per heavy atom. The molecule has 1 N–H and O–H groups in total. The Kier molecular flexibility index (Phi) is 2.45. The summed E-state index contributed by atoms with van der Waals surface area (Å²) in [5.41, 5.74) is 0.364. The molecule has 1 aromatic carbocycles. The third kappa shape index (κ3) is 1.64. The van der Waals surface area contributed by atoms with Crippen LogP contribution in [0.2, 0.25) is 0 Å². The van der Waals surface area contributed by atoms with Gasteiger partial charge in [-0.1, -0.05) is 31.4 Å². The van der Waals surface area contributed by atoms with E-state index in [9.17, 15) is 5.11 Å². The van der Waals surface area contributed by atoms with Gasteiger partial charge >= 0.3 is 0 Å². The highest BCUT2D eigenvalue weighted by Gasteiger charge is 2.34. The lowest BCUT2D eigenvalue weighted by Crippen LogP contribution is -2.28. The van der Waals surface area contributed by atoms with Crippen molar-refractivity contribution in [3.8, 4) is 0 Å². The zero-order valence-corrected chi connectivity index (χ0v) is 9.96. The average molecular weight is 233 g/mol. The van der Waals surface area contributed by atoms with Crippen LogP contribution in [0.3, 0.4) is 0 Å². The van der Waals surface area contributed by atoms with Gasteiger partial charge in [0.2, 0.25) is 0 Å². The number of rotatable bonds is 1. The van der Waals surface area contributed by atoms with Crippen LogP contribution >= 0.6 is 11.3 Å². The third-order valence-electron chi connectivity index (χ3n) is 3.37. The molecule has 0 saturated heterocycles. The largest absolute Gasteiger partial charge is 0.383 e. The molecule has 3 heteroatoms. The zero-order valence-electron chi connectivity index (χ0n) is 9.15. The summed E-state index contributed by atoms with van der Waals surface area (Å²) < 4.78 is 1.18. The molecule has 2 aromatic rings. The molecule has 0 amide bonds. The molecule has 84 valence electrons. The van der Waals surface area contributed by atoms with E-state index in [1.807, 2.05) is 18.2 Å². The van der Waals surface area contributed by atoms with E-state index in [2.05, 4.69) is 11.1 Å². The number of thiazole rings is 1. The minimum absolute atomic E-state index is 0.651. The molecule has 0 aliphatic heterocycles.